The number of amides is 6. The molecule has 10 N–H and O–H groups in total. The van der Waals surface area contributed by atoms with E-state index in [4.69, 9.17) is 21.7 Å². The molecule has 7 atom stereocenters. The molecule has 6 amide bonds. The molecule has 0 bridgehead atoms. The molecule has 0 saturated carbocycles. The van der Waals surface area contributed by atoms with Crippen molar-refractivity contribution in [2.24, 2.45) is 132 Å². The van der Waals surface area contributed by atoms with Crippen LogP contribution in [-0.2, 0) is 28.8 Å². The number of hydrogen-bond acceptors (Lipinski definition) is 8. The predicted molar refractivity (Wildman–Crippen MR) is 416 cm³/mol. The van der Waals surface area contributed by atoms with E-state index in [1.165, 1.54) is 55.6 Å². The monoisotopic (exact) mass is 1580 g/mol. The molecule has 1 unspecified atom stereocenters. The largest absolute Gasteiger partial charge is 0.396 e. The first-order chi connectivity index (χ1) is 46.7. The summed E-state index contributed by atoms with van der Waals surface area (Å²) >= 11 is 0. The lowest BCUT2D eigenvalue weighted by atomic mass is 9.73. The van der Waals surface area contributed by atoms with Crippen molar-refractivity contribution in [3.8, 4) is 0 Å². The second kappa shape index (κ2) is 50.0. The average molecular weight is 1580 g/mol. The van der Waals surface area contributed by atoms with Gasteiger partial charge >= 0.3 is 6.18 Å². The van der Waals surface area contributed by atoms with Crippen molar-refractivity contribution < 1.29 is 96.1 Å². The minimum absolute atomic E-state index is 0.113. The fourth-order valence-corrected chi connectivity index (χ4v) is 8.51. The van der Waals surface area contributed by atoms with Crippen LogP contribution in [0.25, 0.3) is 0 Å². The molecule has 0 aliphatic rings. The predicted octanol–water partition coefficient (Wildman–Crippen LogP) is 20.6. The fourth-order valence-electron chi connectivity index (χ4n) is 8.51. The van der Waals surface area contributed by atoms with E-state index in [1.54, 1.807) is 97.2 Å². The molecule has 0 saturated heterocycles. The maximum absolute atomic E-state index is 13.2. The Morgan fingerprint density at radius 1 is 0.327 bits per heavy atom. The van der Waals surface area contributed by atoms with Crippen LogP contribution in [0.1, 0.15) is 283 Å². The van der Waals surface area contributed by atoms with Crippen molar-refractivity contribution in [1.82, 2.24) is 21.3 Å². The molecule has 0 aliphatic carbocycles. The third kappa shape index (κ3) is 40.7. The Labute approximate surface area is 642 Å². The molecule has 0 fully saturated rings. The number of nitrogens with one attached hydrogen (secondary N) is 4. The zero-order chi connectivity index (χ0) is 89.9. The second-order valence-electron chi connectivity index (χ2n) is 35.0. The van der Waals surface area contributed by atoms with E-state index in [1.807, 2.05) is 13.8 Å². The minimum atomic E-state index is -4.02. The summed E-state index contributed by atoms with van der Waals surface area (Å²) in [5.41, 5.74) is 2.19. The summed E-state index contributed by atoms with van der Waals surface area (Å²) in [5.74, 6) is -18.6. The summed E-state index contributed by atoms with van der Waals surface area (Å²) in [7, 11) is 6.11. The Morgan fingerprint density at radius 2 is 0.570 bits per heavy atom. The van der Waals surface area contributed by atoms with Crippen LogP contribution in [0.4, 0.5) is 57.1 Å². The van der Waals surface area contributed by atoms with Gasteiger partial charge in [0.2, 0.25) is 35.4 Å². The fraction of sp³-hybridized carbons (Fsp3) is 0.925. The van der Waals surface area contributed by atoms with Crippen molar-refractivity contribution in [1.29, 1.82) is 0 Å². The number of aliphatic hydroxyl groups is 2. The molecule has 650 valence electrons. The van der Waals surface area contributed by atoms with Gasteiger partial charge in [-0.2, -0.15) is 13.2 Å². The number of halogens is 13. The molecule has 0 radical (unpaired) electrons. The first kappa shape index (κ1) is 124. The number of rotatable bonds is 24. The quantitative estimate of drug-likeness (QED) is 0.0431. The maximum atomic E-state index is 13.2. The van der Waals surface area contributed by atoms with Crippen molar-refractivity contribution in [2.45, 2.75) is 319 Å². The number of alkyl halides is 13. The minimum Gasteiger partial charge on any atom is -0.396 e. The number of nitrogens with two attached hydrogens (primary N) is 2. The summed E-state index contributed by atoms with van der Waals surface area (Å²) in [6.07, 6.45) is -2.96. The van der Waals surface area contributed by atoms with Crippen molar-refractivity contribution in [2.75, 3.05) is 41.4 Å². The second-order valence-corrected chi connectivity index (χ2v) is 35.0. The third-order valence-corrected chi connectivity index (χ3v) is 23.3. The lowest BCUT2D eigenvalue weighted by molar-refractivity contribution is -0.180. The van der Waals surface area contributed by atoms with E-state index in [9.17, 15) is 85.8 Å². The molecule has 27 heteroatoms. The first-order valence-corrected chi connectivity index (χ1v) is 37.3. The molecular weight excluding hydrogens is 1420 g/mol. The SMILES string of the molecule is CC(C)C(C)(C)C.CC(C)[C@@](C)(C(N)=O)C(C)(F)F.CC(C)[C@H](C)C(F)(F)F.CC(C)[C@](C)(C(N)=O)C(C)(F)F.CC(C)[C@](C)(CO)C(C)(F)F.CCC(C)(CO)C(C)C.CNC(=O)C(C(C)C)C(C)C.CNC(=O)C(C)(C)C(C)C.CNC(=O)[C@@](C)(C(C)C)C(C)(F)F.CNC(=O)[C@](C)(C(C)C)C(C)(F)F. The maximum Gasteiger partial charge on any atom is 0.391 e. The molecular formula is C80H161F13N6O8. The highest BCUT2D eigenvalue weighted by atomic mass is 19.4. The lowest BCUT2D eigenvalue weighted by Gasteiger charge is -2.37. The first-order valence-electron chi connectivity index (χ1n) is 37.3. The van der Waals surface area contributed by atoms with E-state index in [0.717, 1.165) is 47.0 Å². The third-order valence-electron chi connectivity index (χ3n) is 23.3. The van der Waals surface area contributed by atoms with E-state index >= 15 is 0 Å². The summed E-state index contributed by atoms with van der Waals surface area (Å²) < 4.78 is 166. The Kier molecular flexibility index (Phi) is 57.9. The molecule has 0 aromatic carbocycles. The molecule has 107 heavy (non-hydrogen) atoms. The van der Waals surface area contributed by atoms with Gasteiger partial charge in [0.25, 0.3) is 29.6 Å². The number of carbonyl (C=O) groups excluding carboxylic acids is 6. The van der Waals surface area contributed by atoms with E-state index in [2.05, 4.69) is 125 Å². The Balaban J connectivity index is -0.000000123. The van der Waals surface area contributed by atoms with Crippen molar-refractivity contribution in [3.05, 3.63) is 0 Å². The number of hydrogen-bond donors (Lipinski definition) is 8. The number of aliphatic hydroxyl groups excluding tert-OH is 2. The van der Waals surface area contributed by atoms with Gasteiger partial charge in [0.1, 0.15) is 21.7 Å². The van der Waals surface area contributed by atoms with E-state index in [0.29, 0.717) is 35.7 Å². The smallest absolute Gasteiger partial charge is 0.391 e. The Bertz CT molecular complexity index is 2360. The van der Waals surface area contributed by atoms with Gasteiger partial charge in [0, 0.05) is 73.8 Å². The highest BCUT2D eigenvalue weighted by molar-refractivity contribution is 5.84. The van der Waals surface area contributed by atoms with Crippen LogP contribution in [0.2, 0.25) is 0 Å². The molecule has 0 aliphatic heterocycles. The van der Waals surface area contributed by atoms with Gasteiger partial charge < -0.3 is 42.9 Å². The van der Waals surface area contributed by atoms with Crippen LogP contribution in [0, 0.1) is 120 Å². The molecule has 14 nitrogen and oxygen atoms in total. The van der Waals surface area contributed by atoms with Gasteiger partial charge in [-0.15, -0.1) is 0 Å². The zero-order valence-corrected chi connectivity index (χ0v) is 75.0. The van der Waals surface area contributed by atoms with Gasteiger partial charge in [-0.1, -0.05) is 215 Å². The zero-order valence-electron chi connectivity index (χ0n) is 75.0. The van der Waals surface area contributed by atoms with Crippen LogP contribution in [-0.4, -0.2) is 123 Å². The standard InChI is InChI=1S/2C9H17F2NO.C9H19NO.2C8H15F2NO.C8H16F2O.C8H17NO.C8H18O.C7H16.C6H11F3/c2*1-6(2)8(3,7(13)12-5)9(4,10)11;1-6(2)8(7(3)4)9(11)10-5;2*1-5(2)7(3,6(11)12)8(4,9)10;1-6(2)7(3,5-11)8(4,9)10;1-6(2)8(3,4)7(10)9-5;1-5-8(4,6-9)7(2)3;1-6(2)7(3,4)5;1-4(2)5(3)6(7,8)9/h2*6H,1-5H3,(H,12,13);6-8H,1-5H3,(H,10,11);2*5H,1-4H3,(H2,11,12);6,11H,5H2,1-4H3;6H,1-5H3,(H,9,10);7,9H,5-6H2,1-4H3;6H,1-5H3;4-5H,1-3H3/t2*8-;;3*7-;;;;5-/m10.100...0/s1. The number of carbonyl (C=O) groups is 6. The summed E-state index contributed by atoms with van der Waals surface area (Å²) in [6.45, 7) is 66.6. The van der Waals surface area contributed by atoms with E-state index in [-0.39, 0.29) is 40.4 Å². The van der Waals surface area contributed by atoms with Gasteiger partial charge in [-0.05, 0) is 117 Å². The van der Waals surface area contributed by atoms with Crippen molar-refractivity contribution >= 4 is 35.4 Å². The number of primary amides is 2. The van der Waals surface area contributed by atoms with Gasteiger partial charge in [-0.25, -0.2) is 43.9 Å². The highest BCUT2D eigenvalue weighted by Crippen LogP contribution is 2.46. The Morgan fingerprint density at radius 3 is 0.598 bits per heavy atom. The van der Waals surface area contributed by atoms with Crippen LogP contribution in [0.3, 0.4) is 0 Å². The molecule has 0 spiro atoms. The molecule has 0 heterocycles. The van der Waals surface area contributed by atoms with Gasteiger partial charge in [-0.3, -0.25) is 28.8 Å². The highest BCUT2D eigenvalue weighted by Gasteiger charge is 2.56. The van der Waals surface area contributed by atoms with Crippen molar-refractivity contribution in [3.63, 3.8) is 0 Å². The summed E-state index contributed by atoms with van der Waals surface area (Å²) in [5, 5.41) is 27.7. The van der Waals surface area contributed by atoms with E-state index < -0.39 is 123 Å². The van der Waals surface area contributed by atoms with Crippen LogP contribution in [0.5, 0.6) is 0 Å². The topological polar surface area (TPSA) is 243 Å². The molecule has 0 aromatic heterocycles. The van der Waals surface area contributed by atoms with Gasteiger partial charge in [0.05, 0.1) is 17.9 Å². The lowest BCUT2D eigenvalue weighted by Crippen LogP contribution is -2.51. The summed E-state index contributed by atoms with van der Waals surface area (Å²) in [6, 6.07) is 0. The molecule has 0 rings (SSSR count). The molecule has 0 aromatic rings. The van der Waals surface area contributed by atoms with Gasteiger partial charge in [0.15, 0.2) is 0 Å². The van der Waals surface area contributed by atoms with Crippen LogP contribution >= 0.6 is 0 Å². The Hall–Kier alpha value is -4.17. The average Bonchev–Trinajstić information content (AvgIpc) is 0.818. The van der Waals surface area contributed by atoms with Crippen LogP contribution < -0.4 is 32.7 Å². The summed E-state index contributed by atoms with van der Waals surface area (Å²) in [4.78, 5) is 66.8. The van der Waals surface area contributed by atoms with Crippen LogP contribution in [0.15, 0.2) is 0 Å². The normalized spacial score (nSPS) is 16.0.